The Bertz CT molecular complexity index is 859. The normalized spacial score (nSPS) is 13.8. The first-order valence-electron chi connectivity index (χ1n) is 10.2. The van der Waals surface area contributed by atoms with E-state index in [2.05, 4.69) is 10.3 Å². The van der Waals surface area contributed by atoms with Crippen LogP contribution in [0.4, 0.5) is 0 Å². The molecule has 3 rings (SSSR count). The zero-order chi connectivity index (χ0) is 22.1. The highest BCUT2D eigenvalue weighted by Gasteiger charge is 2.30. The summed E-state index contributed by atoms with van der Waals surface area (Å²) >= 11 is 0. The van der Waals surface area contributed by atoms with Gasteiger partial charge in [-0.2, -0.15) is 0 Å². The van der Waals surface area contributed by atoms with Gasteiger partial charge >= 0.3 is 11.9 Å². The number of rotatable bonds is 7. The van der Waals surface area contributed by atoms with Crippen molar-refractivity contribution in [3.05, 3.63) is 58.4 Å². The molecular formula is C23H30N2O5. The van der Waals surface area contributed by atoms with E-state index in [1.807, 2.05) is 6.92 Å². The Morgan fingerprint density at radius 1 is 1.10 bits per heavy atom. The Morgan fingerprint density at radius 3 is 2.23 bits per heavy atom. The Morgan fingerprint density at radius 2 is 1.73 bits per heavy atom. The largest absolute Gasteiger partial charge is 0.481 e. The van der Waals surface area contributed by atoms with Crippen molar-refractivity contribution in [2.24, 2.45) is 0 Å². The third kappa shape index (κ3) is 6.29. The minimum Gasteiger partial charge on any atom is -0.481 e. The fourth-order valence-electron chi connectivity index (χ4n) is 3.29. The molecule has 1 atom stereocenters. The smallest absolute Gasteiger partial charge is 0.340 e. The molecule has 1 aromatic heterocycles. The van der Waals surface area contributed by atoms with Crippen LogP contribution >= 0.6 is 0 Å². The highest BCUT2D eigenvalue weighted by atomic mass is 16.5. The standard InChI is InChI=1S/C19H21NO5.C4H9N/c1-4-25-19(24)17-12(3)20-10-15(17)14(18(22)23)9-16(21)13-7-5-11(2)6-8-13;1-2-4-5-3-1/h5-8,10,14,20H,4,9H2,1-3H3,(H,22,23);5H,1-4H2. The molecule has 1 saturated heterocycles. The molecule has 0 spiro atoms. The van der Waals surface area contributed by atoms with Gasteiger partial charge in [0.05, 0.1) is 18.1 Å². The van der Waals surface area contributed by atoms with E-state index in [1.165, 1.54) is 32.1 Å². The molecule has 0 saturated carbocycles. The number of aliphatic carboxylic acids is 1. The van der Waals surface area contributed by atoms with Gasteiger partial charge in [0, 0.05) is 23.9 Å². The van der Waals surface area contributed by atoms with Crippen molar-refractivity contribution in [3.63, 3.8) is 0 Å². The van der Waals surface area contributed by atoms with E-state index in [1.54, 1.807) is 38.1 Å². The predicted molar refractivity (Wildman–Crippen MR) is 114 cm³/mol. The molecule has 1 aliphatic rings. The number of aromatic nitrogens is 1. The number of aromatic amines is 1. The number of Topliss-reactive ketones (excluding diaryl/α,β-unsaturated/α-hetero) is 1. The number of aryl methyl sites for hydroxylation is 2. The van der Waals surface area contributed by atoms with Gasteiger partial charge in [0.15, 0.2) is 5.78 Å². The maximum atomic E-state index is 12.5. The van der Waals surface area contributed by atoms with Gasteiger partial charge in [-0.1, -0.05) is 29.8 Å². The number of ketones is 1. The van der Waals surface area contributed by atoms with E-state index >= 15 is 0 Å². The molecule has 162 valence electrons. The number of carbonyl (C=O) groups excluding carboxylic acids is 2. The van der Waals surface area contributed by atoms with Gasteiger partial charge in [0.2, 0.25) is 0 Å². The number of carbonyl (C=O) groups is 3. The lowest BCUT2D eigenvalue weighted by Gasteiger charge is -2.13. The van der Waals surface area contributed by atoms with E-state index in [0.29, 0.717) is 11.3 Å². The van der Waals surface area contributed by atoms with Crippen LogP contribution < -0.4 is 5.32 Å². The van der Waals surface area contributed by atoms with Crippen LogP contribution in [-0.2, 0) is 9.53 Å². The van der Waals surface area contributed by atoms with Crippen LogP contribution in [0.1, 0.15) is 69.6 Å². The van der Waals surface area contributed by atoms with Crippen LogP contribution in [0, 0.1) is 13.8 Å². The van der Waals surface area contributed by atoms with Crippen LogP contribution in [-0.4, -0.2) is 47.5 Å². The highest BCUT2D eigenvalue weighted by molar-refractivity contribution is 6.00. The number of H-pyrrole nitrogens is 1. The number of ether oxygens (including phenoxy) is 1. The average Bonchev–Trinajstić information content (AvgIpc) is 3.40. The zero-order valence-corrected chi connectivity index (χ0v) is 17.8. The Hall–Kier alpha value is -2.93. The molecule has 1 unspecified atom stereocenters. The lowest BCUT2D eigenvalue weighted by Crippen LogP contribution is -2.19. The minimum atomic E-state index is -1.16. The van der Waals surface area contributed by atoms with E-state index in [0.717, 1.165) is 5.56 Å². The van der Waals surface area contributed by atoms with Crippen LogP contribution in [0.15, 0.2) is 30.5 Å². The molecule has 1 aromatic carbocycles. The summed E-state index contributed by atoms with van der Waals surface area (Å²) in [5.74, 6) is -3.17. The zero-order valence-electron chi connectivity index (χ0n) is 17.8. The summed E-state index contributed by atoms with van der Waals surface area (Å²) in [4.78, 5) is 39.2. The first-order valence-corrected chi connectivity index (χ1v) is 10.2. The Kier molecular flexibility index (Phi) is 8.80. The van der Waals surface area contributed by atoms with Crippen LogP contribution in [0.5, 0.6) is 0 Å². The van der Waals surface area contributed by atoms with E-state index in [4.69, 9.17) is 4.74 Å². The molecule has 0 aliphatic carbocycles. The molecule has 1 fully saturated rings. The molecule has 7 heteroatoms. The van der Waals surface area contributed by atoms with E-state index < -0.39 is 17.9 Å². The van der Waals surface area contributed by atoms with E-state index in [-0.39, 0.29) is 29.9 Å². The molecule has 2 aromatic rings. The third-order valence-corrected chi connectivity index (χ3v) is 4.98. The summed E-state index contributed by atoms with van der Waals surface area (Å²) in [7, 11) is 0. The first-order chi connectivity index (χ1) is 14.3. The minimum absolute atomic E-state index is 0.183. The van der Waals surface area contributed by atoms with Gasteiger partial charge in [-0.15, -0.1) is 0 Å². The first kappa shape index (κ1) is 23.3. The molecule has 1 aliphatic heterocycles. The maximum Gasteiger partial charge on any atom is 0.340 e. The Labute approximate surface area is 176 Å². The lowest BCUT2D eigenvalue weighted by atomic mass is 9.90. The molecule has 30 heavy (non-hydrogen) atoms. The number of carboxylic acids is 1. The maximum absolute atomic E-state index is 12.5. The van der Waals surface area contributed by atoms with Crippen molar-refractivity contribution < 1.29 is 24.2 Å². The Balaban J connectivity index is 0.000000558. The van der Waals surface area contributed by atoms with Gasteiger partial charge in [0.1, 0.15) is 0 Å². The van der Waals surface area contributed by atoms with Gasteiger partial charge in [-0.3, -0.25) is 9.59 Å². The number of hydrogen-bond donors (Lipinski definition) is 3. The fraction of sp³-hybridized carbons (Fsp3) is 0.435. The topological polar surface area (TPSA) is 108 Å². The van der Waals surface area contributed by atoms with Crippen molar-refractivity contribution >= 4 is 17.7 Å². The van der Waals surface area contributed by atoms with Crippen LogP contribution in [0.3, 0.4) is 0 Å². The van der Waals surface area contributed by atoms with Crippen molar-refractivity contribution in [1.29, 1.82) is 0 Å². The van der Waals surface area contributed by atoms with Gasteiger partial charge in [-0.05, 0) is 52.3 Å². The number of hydrogen-bond acceptors (Lipinski definition) is 5. The monoisotopic (exact) mass is 414 g/mol. The van der Waals surface area contributed by atoms with Crippen molar-refractivity contribution in [2.75, 3.05) is 19.7 Å². The van der Waals surface area contributed by atoms with Crippen molar-refractivity contribution in [3.8, 4) is 0 Å². The molecule has 3 N–H and O–H groups in total. The number of benzene rings is 1. The molecule has 0 radical (unpaired) electrons. The SMILES string of the molecule is C1CCNC1.CCOC(=O)c1c(C(CC(=O)c2ccc(C)cc2)C(=O)O)c[nH]c1C. The van der Waals surface area contributed by atoms with Crippen LogP contribution in [0.25, 0.3) is 0 Å². The summed E-state index contributed by atoms with van der Waals surface area (Å²) in [5, 5.41) is 12.8. The van der Waals surface area contributed by atoms with E-state index in [9.17, 15) is 19.5 Å². The number of carboxylic acid groups (broad SMARTS) is 1. The second kappa shape index (κ2) is 11.3. The summed E-state index contributed by atoms with van der Waals surface area (Å²) in [6, 6.07) is 6.94. The average molecular weight is 415 g/mol. The van der Waals surface area contributed by atoms with Crippen LogP contribution in [0.2, 0.25) is 0 Å². The van der Waals surface area contributed by atoms with Crippen molar-refractivity contribution in [1.82, 2.24) is 10.3 Å². The lowest BCUT2D eigenvalue weighted by molar-refractivity contribution is -0.138. The second-order valence-corrected chi connectivity index (χ2v) is 7.31. The highest BCUT2D eigenvalue weighted by Crippen LogP contribution is 2.28. The fourth-order valence-corrected chi connectivity index (χ4v) is 3.29. The van der Waals surface area contributed by atoms with Gasteiger partial charge < -0.3 is 20.1 Å². The van der Waals surface area contributed by atoms with Gasteiger partial charge in [0.25, 0.3) is 0 Å². The van der Waals surface area contributed by atoms with Crippen molar-refractivity contribution in [2.45, 2.75) is 46.0 Å². The van der Waals surface area contributed by atoms with Gasteiger partial charge in [-0.25, -0.2) is 4.79 Å². The summed E-state index contributed by atoms with van der Waals surface area (Å²) in [6.07, 6.45) is 4.00. The summed E-state index contributed by atoms with van der Waals surface area (Å²) < 4.78 is 5.00. The molecule has 0 bridgehead atoms. The second-order valence-electron chi connectivity index (χ2n) is 7.31. The molecule has 7 nitrogen and oxygen atoms in total. The predicted octanol–water partition coefficient (Wildman–Crippen LogP) is 3.62. The third-order valence-electron chi connectivity index (χ3n) is 4.98. The molecule has 0 amide bonds. The quantitative estimate of drug-likeness (QED) is 0.472. The number of esters is 1. The summed E-state index contributed by atoms with van der Waals surface area (Å²) in [6.45, 7) is 7.93. The molecule has 2 heterocycles. The summed E-state index contributed by atoms with van der Waals surface area (Å²) in [5.41, 5.74) is 2.43. The number of nitrogens with one attached hydrogen (secondary N) is 2. The molecular weight excluding hydrogens is 384 g/mol.